The molecule has 0 bridgehead atoms. The van der Waals surface area contributed by atoms with E-state index in [0.29, 0.717) is 3.58 Å². The van der Waals surface area contributed by atoms with Crippen molar-refractivity contribution in [3.05, 3.63) is 29.8 Å². The van der Waals surface area contributed by atoms with E-state index in [4.69, 9.17) is 3.44 Å². The molecule has 0 saturated heterocycles. The Morgan fingerprint density at radius 3 is 2.20 bits per heavy atom. The van der Waals surface area contributed by atoms with Crippen LogP contribution in [0, 0.1) is 6.92 Å². The standard InChI is InChI=1S/C7H7.H2O.O.Sn/c1-7-5-3-2-4-6-7;;;/h3-6H,1H3;1H2;;/q;;;+1/p-1. The first-order valence-corrected chi connectivity index (χ1v) is 6.87. The Morgan fingerprint density at radius 2 is 1.80 bits per heavy atom. The van der Waals surface area contributed by atoms with Crippen molar-refractivity contribution in [3.63, 3.8) is 0 Å². The molecule has 0 amide bonds. The first-order chi connectivity index (χ1) is 4.70. The van der Waals surface area contributed by atoms with E-state index in [1.165, 1.54) is 0 Å². The van der Waals surface area contributed by atoms with Crippen LogP contribution >= 0.6 is 0 Å². The summed E-state index contributed by atoms with van der Waals surface area (Å²) in [4.78, 5) is 0. The second kappa shape index (κ2) is 3.25. The Balaban J connectivity index is 3.00. The molecule has 1 N–H and O–H groups in total. The molecule has 0 aliphatic carbocycles. The van der Waals surface area contributed by atoms with Crippen molar-refractivity contribution in [2.24, 2.45) is 0 Å². The van der Waals surface area contributed by atoms with Gasteiger partial charge in [0.2, 0.25) is 0 Å². The molecule has 0 saturated carbocycles. The van der Waals surface area contributed by atoms with Crippen molar-refractivity contribution < 1.29 is 6.52 Å². The summed E-state index contributed by atoms with van der Waals surface area (Å²) in [5.74, 6) is 0. The molecule has 1 aromatic carbocycles. The van der Waals surface area contributed by atoms with Crippen molar-refractivity contribution in [2.45, 2.75) is 6.92 Å². The molecule has 1 rings (SSSR count). The van der Waals surface area contributed by atoms with E-state index < -0.39 is 20.2 Å². The second-order valence-electron chi connectivity index (χ2n) is 2.17. The van der Waals surface area contributed by atoms with E-state index in [1.807, 2.05) is 19.1 Å². The molecular formula is C7H8O2Sn. The third-order valence-electron chi connectivity index (χ3n) is 1.30. The molecule has 0 unspecified atom stereocenters. The maximum atomic E-state index is 10.6. The summed E-state index contributed by atoms with van der Waals surface area (Å²) in [7, 11) is 0. The average molecular weight is 243 g/mol. The molecule has 52 valence electrons. The Morgan fingerprint density at radius 1 is 1.30 bits per heavy atom. The van der Waals surface area contributed by atoms with E-state index in [0.717, 1.165) is 5.56 Å². The topological polar surface area (TPSA) is 37.3 Å². The Kier molecular flexibility index (Phi) is 2.56. The van der Waals surface area contributed by atoms with E-state index in [2.05, 4.69) is 0 Å². The van der Waals surface area contributed by atoms with Gasteiger partial charge in [-0.1, -0.05) is 0 Å². The molecular weight excluding hydrogens is 235 g/mol. The first kappa shape index (κ1) is 7.88. The molecule has 0 aliphatic heterocycles. The van der Waals surface area contributed by atoms with Gasteiger partial charge < -0.3 is 0 Å². The van der Waals surface area contributed by atoms with Crippen LogP contribution in [0.4, 0.5) is 0 Å². The van der Waals surface area contributed by atoms with Gasteiger partial charge in [0.25, 0.3) is 0 Å². The van der Waals surface area contributed by atoms with Crippen LogP contribution in [-0.2, 0) is 3.08 Å². The molecule has 0 spiro atoms. The summed E-state index contributed by atoms with van der Waals surface area (Å²) in [6.45, 7) is 1.95. The number of rotatable bonds is 1. The van der Waals surface area contributed by atoms with Crippen LogP contribution in [0.25, 0.3) is 0 Å². The maximum absolute atomic E-state index is 10.6. The first-order valence-electron chi connectivity index (χ1n) is 3.00. The van der Waals surface area contributed by atoms with Crippen molar-refractivity contribution >= 4 is 23.7 Å². The zero-order valence-electron chi connectivity index (χ0n) is 5.66. The summed E-state index contributed by atoms with van der Waals surface area (Å²) in [5.41, 5.74) is 1.12. The van der Waals surface area contributed by atoms with Crippen LogP contribution in [0.15, 0.2) is 24.3 Å². The van der Waals surface area contributed by atoms with Gasteiger partial charge in [0.05, 0.1) is 0 Å². The molecule has 2 nitrogen and oxygen atoms in total. The number of benzene rings is 1. The minimum absolute atomic E-state index is 0.619. The molecule has 0 aliphatic rings. The molecule has 10 heavy (non-hydrogen) atoms. The molecule has 0 heterocycles. The van der Waals surface area contributed by atoms with Gasteiger partial charge in [0.1, 0.15) is 0 Å². The summed E-state index contributed by atoms with van der Waals surface area (Å²) in [6.07, 6.45) is 0. The van der Waals surface area contributed by atoms with Crippen molar-refractivity contribution in [2.75, 3.05) is 0 Å². The van der Waals surface area contributed by atoms with Crippen LogP contribution in [-0.4, -0.2) is 23.6 Å². The van der Waals surface area contributed by atoms with Crippen LogP contribution in [0.5, 0.6) is 0 Å². The Hall–Kier alpha value is -0.221. The van der Waals surface area contributed by atoms with E-state index >= 15 is 0 Å². The zero-order chi connectivity index (χ0) is 7.56. The van der Waals surface area contributed by atoms with Gasteiger partial charge >= 0.3 is 67.0 Å². The van der Waals surface area contributed by atoms with Gasteiger partial charge in [-0.2, -0.15) is 0 Å². The Labute approximate surface area is 67.2 Å². The van der Waals surface area contributed by atoms with Gasteiger partial charge in [-0.05, 0) is 0 Å². The predicted molar refractivity (Wildman–Crippen MR) is 39.5 cm³/mol. The molecule has 0 atom stereocenters. The molecule has 1 aromatic rings. The van der Waals surface area contributed by atoms with Crippen molar-refractivity contribution in [3.8, 4) is 0 Å². The van der Waals surface area contributed by atoms with Crippen LogP contribution < -0.4 is 3.58 Å². The number of aryl methyl sites for hydroxylation is 1. The molecule has 0 aromatic heterocycles. The molecule has 3 heteroatoms. The monoisotopic (exact) mass is 244 g/mol. The van der Waals surface area contributed by atoms with Gasteiger partial charge in [-0.15, -0.1) is 0 Å². The normalized spacial score (nSPS) is 9.40. The quantitative estimate of drug-likeness (QED) is 0.711. The minimum atomic E-state index is -3.30. The second-order valence-corrected chi connectivity index (χ2v) is 5.56. The van der Waals surface area contributed by atoms with E-state index in [1.54, 1.807) is 12.1 Å². The average Bonchev–Trinajstić information content (AvgIpc) is 1.88. The summed E-state index contributed by atoms with van der Waals surface area (Å²) < 4.78 is 20.0. The fourth-order valence-corrected chi connectivity index (χ4v) is 1.99. The van der Waals surface area contributed by atoms with Gasteiger partial charge in [-0.3, -0.25) is 0 Å². The Bertz CT molecular complexity index is 240. The summed E-state index contributed by atoms with van der Waals surface area (Å²) in [5, 5.41) is 0. The summed E-state index contributed by atoms with van der Waals surface area (Å²) >= 11 is -3.30. The van der Waals surface area contributed by atoms with Crippen molar-refractivity contribution in [1.29, 1.82) is 0 Å². The van der Waals surface area contributed by atoms with Crippen LogP contribution in [0.2, 0.25) is 0 Å². The zero-order valence-corrected chi connectivity index (χ0v) is 8.52. The SMILES string of the molecule is Cc1cc[c]([Sn](=[O])[OH])cc1. The van der Waals surface area contributed by atoms with Gasteiger partial charge in [0, 0.05) is 0 Å². The third-order valence-corrected chi connectivity index (χ3v) is 3.66. The van der Waals surface area contributed by atoms with Gasteiger partial charge in [0.15, 0.2) is 0 Å². The fourth-order valence-electron chi connectivity index (χ4n) is 0.696. The third kappa shape index (κ3) is 1.88. The molecule has 0 fully saturated rings. The van der Waals surface area contributed by atoms with E-state index in [9.17, 15) is 3.08 Å². The predicted octanol–water partition coefficient (Wildman–Crippen LogP) is 0.113. The van der Waals surface area contributed by atoms with Crippen LogP contribution in [0.1, 0.15) is 5.56 Å². The van der Waals surface area contributed by atoms with Crippen molar-refractivity contribution in [1.82, 2.24) is 0 Å². The molecule has 0 radical (unpaired) electrons. The van der Waals surface area contributed by atoms with E-state index in [-0.39, 0.29) is 0 Å². The number of hydrogen-bond acceptors (Lipinski definition) is 1. The van der Waals surface area contributed by atoms with Crippen LogP contribution in [0.3, 0.4) is 0 Å². The fraction of sp³-hybridized carbons (Fsp3) is 0.143. The summed E-state index contributed by atoms with van der Waals surface area (Å²) in [6, 6.07) is 7.14. The van der Waals surface area contributed by atoms with Gasteiger partial charge in [-0.25, -0.2) is 0 Å². The number of hydrogen-bond donors (Lipinski definition) is 1.